The lowest BCUT2D eigenvalue weighted by atomic mass is 9.74. The molecule has 158 valence electrons. The topological polar surface area (TPSA) is 77.9 Å². The van der Waals surface area contributed by atoms with Gasteiger partial charge in [-0.1, -0.05) is 42.5 Å². The quantitative estimate of drug-likeness (QED) is 0.789. The zero-order valence-corrected chi connectivity index (χ0v) is 17.3. The molecule has 0 saturated carbocycles. The summed E-state index contributed by atoms with van der Waals surface area (Å²) in [6, 6.07) is 11.8. The molecule has 30 heavy (non-hydrogen) atoms. The van der Waals surface area contributed by atoms with Crippen LogP contribution in [0.1, 0.15) is 24.0 Å². The Balaban J connectivity index is 1.63. The van der Waals surface area contributed by atoms with Gasteiger partial charge in [0.2, 0.25) is 15.9 Å². The maximum atomic E-state index is 13.6. The van der Waals surface area contributed by atoms with Crippen molar-refractivity contribution in [3.63, 3.8) is 0 Å². The SMILES string of the molecule is C/C=C/c1ccc([C@H]2[C@@H](CO)N3C(=O)CN(S(=O)(=O)c4cccc(F)c4)C[C@@H]23)cc1. The Morgan fingerprint density at radius 1 is 1.20 bits per heavy atom. The highest BCUT2D eigenvalue weighted by Gasteiger charge is 2.55. The van der Waals surface area contributed by atoms with Crippen LogP contribution >= 0.6 is 0 Å². The van der Waals surface area contributed by atoms with Crippen LogP contribution in [0.15, 0.2) is 59.5 Å². The molecule has 1 N–H and O–H groups in total. The van der Waals surface area contributed by atoms with Crippen molar-refractivity contribution in [3.05, 3.63) is 71.6 Å². The van der Waals surface area contributed by atoms with E-state index in [2.05, 4.69) is 0 Å². The first-order chi connectivity index (χ1) is 14.4. The number of carbonyl (C=O) groups is 1. The van der Waals surface area contributed by atoms with Crippen molar-refractivity contribution >= 4 is 22.0 Å². The number of allylic oxidation sites excluding steroid dienone is 1. The molecule has 2 aliphatic rings. The van der Waals surface area contributed by atoms with E-state index in [4.69, 9.17) is 0 Å². The van der Waals surface area contributed by atoms with Crippen LogP contribution in [0, 0.1) is 5.82 Å². The number of aliphatic hydroxyl groups excluding tert-OH is 1. The van der Waals surface area contributed by atoms with Crippen molar-refractivity contribution in [1.29, 1.82) is 0 Å². The predicted molar refractivity (Wildman–Crippen MR) is 111 cm³/mol. The van der Waals surface area contributed by atoms with Gasteiger partial charge in [0.1, 0.15) is 5.82 Å². The zero-order valence-electron chi connectivity index (χ0n) is 16.5. The van der Waals surface area contributed by atoms with Crippen molar-refractivity contribution in [2.45, 2.75) is 29.8 Å². The van der Waals surface area contributed by atoms with E-state index < -0.39 is 15.8 Å². The molecule has 0 bridgehead atoms. The van der Waals surface area contributed by atoms with Gasteiger partial charge in [0.15, 0.2) is 0 Å². The second-order valence-corrected chi connectivity index (χ2v) is 9.50. The number of amides is 1. The molecule has 0 aromatic heterocycles. The minimum Gasteiger partial charge on any atom is -0.394 e. The predicted octanol–water partition coefficient (Wildman–Crippen LogP) is 2.22. The van der Waals surface area contributed by atoms with Gasteiger partial charge < -0.3 is 10.0 Å². The average Bonchev–Trinajstić information content (AvgIpc) is 2.71. The summed E-state index contributed by atoms with van der Waals surface area (Å²) in [5, 5.41) is 9.87. The molecule has 2 fully saturated rings. The molecule has 2 aromatic rings. The fourth-order valence-electron chi connectivity index (χ4n) is 4.45. The van der Waals surface area contributed by atoms with Crippen LogP contribution in [0.2, 0.25) is 0 Å². The highest BCUT2D eigenvalue weighted by molar-refractivity contribution is 7.89. The lowest BCUT2D eigenvalue weighted by Gasteiger charge is -2.58. The van der Waals surface area contributed by atoms with Gasteiger partial charge in [0.25, 0.3) is 0 Å². The lowest BCUT2D eigenvalue weighted by molar-refractivity contribution is -0.158. The fraction of sp³-hybridized carbons (Fsp3) is 0.318. The first-order valence-corrected chi connectivity index (χ1v) is 11.2. The van der Waals surface area contributed by atoms with Crippen molar-refractivity contribution in [3.8, 4) is 0 Å². The third kappa shape index (κ3) is 3.45. The summed E-state index contributed by atoms with van der Waals surface area (Å²) in [7, 11) is -4.01. The van der Waals surface area contributed by atoms with Crippen molar-refractivity contribution in [2.24, 2.45) is 0 Å². The van der Waals surface area contributed by atoms with E-state index in [1.165, 1.54) is 18.2 Å². The van der Waals surface area contributed by atoms with Gasteiger partial charge in [0.05, 0.1) is 30.1 Å². The number of carbonyl (C=O) groups excluding carboxylic acids is 1. The third-order valence-electron chi connectivity index (χ3n) is 5.84. The fourth-order valence-corrected chi connectivity index (χ4v) is 5.89. The highest BCUT2D eigenvalue weighted by atomic mass is 32.2. The molecule has 4 rings (SSSR count). The second-order valence-electron chi connectivity index (χ2n) is 7.57. The van der Waals surface area contributed by atoms with E-state index in [9.17, 15) is 22.7 Å². The number of benzene rings is 2. The molecule has 6 nitrogen and oxygen atoms in total. The van der Waals surface area contributed by atoms with E-state index in [0.29, 0.717) is 0 Å². The number of rotatable bonds is 5. The number of aliphatic hydroxyl groups is 1. The summed E-state index contributed by atoms with van der Waals surface area (Å²) < 4.78 is 40.7. The van der Waals surface area contributed by atoms with Crippen molar-refractivity contribution in [1.82, 2.24) is 9.21 Å². The van der Waals surface area contributed by atoms with Crippen LogP contribution in [-0.4, -0.2) is 60.4 Å². The minimum absolute atomic E-state index is 0.0996. The Bertz CT molecular complexity index is 1080. The van der Waals surface area contributed by atoms with Gasteiger partial charge >= 0.3 is 0 Å². The van der Waals surface area contributed by atoms with Gasteiger partial charge in [-0.15, -0.1) is 0 Å². The van der Waals surface area contributed by atoms with Crippen LogP contribution in [0.4, 0.5) is 4.39 Å². The van der Waals surface area contributed by atoms with Gasteiger partial charge in [0, 0.05) is 12.5 Å². The Hall–Kier alpha value is -2.55. The summed E-state index contributed by atoms with van der Waals surface area (Å²) >= 11 is 0. The molecule has 2 heterocycles. The molecule has 0 radical (unpaired) electrons. The van der Waals surface area contributed by atoms with E-state index in [0.717, 1.165) is 21.5 Å². The minimum atomic E-state index is -4.01. The maximum Gasteiger partial charge on any atom is 0.243 e. The number of fused-ring (bicyclic) bond motifs is 1. The number of hydrogen-bond acceptors (Lipinski definition) is 4. The summed E-state index contributed by atoms with van der Waals surface area (Å²) in [4.78, 5) is 14.1. The van der Waals surface area contributed by atoms with E-state index in [-0.39, 0.29) is 48.5 Å². The van der Waals surface area contributed by atoms with Crippen LogP contribution < -0.4 is 0 Å². The monoisotopic (exact) mass is 430 g/mol. The van der Waals surface area contributed by atoms with E-state index in [1.807, 2.05) is 43.3 Å². The summed E-state index contributed by atoms with van der Waals surface area (Å²) in [6.45, 7) is 1.52. The molecule has 2 aromatic carbocycles. The molecule has 2 aliphatic heterocycles. The Kier molecular flexibility index (Phi) is 5.48. The average molecular weight is 431 g/mol. The smallest absolute Gasteiger partial charge is 0.243 e. The third-order valence-corrected chi connectivity index (χ3v) is 7.64. The second kappa shape index (κ2) is 7.94. The van der Waals surface area contributed by atoms with Crippen LogP contribution in [0.3, 0.4) is 0 Å². The normalized spacial score (nSPS) is 24.7. The van der Waals surface area contributed by atoms with E-state index in [1.54, 1.807) is 4.90 Å². The standard InChI is InChI=1S/C22H23FN2O4S/c1-2-4-15-7-9-16(10-8-15)22-19-12-24(13-21(27)25(19)20(22)14-26)30(28,29)18-6-3-5-17(23)11-18/h2-11,19-20,22,26H,12-14H2,1H3/b4-2+/t19-,20+,22+/m0/s1. The molecule has 8 heteroatoms. The number of hydrogen-bond donors (Lipinski definition) is 1. The van der Waals surface area contributed by atoms with Crippen LogP contribution in [-0.2, 0) is 14.8 Å². The Morgan fingerprint density at radius 2 is 1.93 bits per heavy atom. The van der Waals surface area contributed by atoms with Crippen LogP contribution in [0.5, 0.6) is 0 Å². The molecule has 0 aliphatic carbocycles. The lowest BCUT2D eigenvalue weighted by Crippen LogP contribution is -2.73. The zero-order chi connectivity index (χ0) is 21.5. The molecule has 1 amide bonds. The van der Waals surface area contributed by atoms with Gasteiger partial charge in [-0.3, -0.25) is 4.79 Å². The number of piperazine rings is 1. The Morgan fingerprint density at radius 3 is 2.57 bits per heavy atom. The maximum absolute atomic E-state index is 13.6. The summed E-state index contributed by atoms with van der Waals surface area (Å²) in [5.74, 6) is -1.18. The van der Waals surface area contributed by atoms with Crippen LogP contribution in [0.25, 0.3) is 6.08 Å². The number of sulfonamides is 1. The van der Waals surface area contributed by atoms with Gasteiger partial charge in [-0.05, 0) is 36.2 Å². The number of nitrogens with zero attached hydrogens (tertiary/aromatic N) is 2. The van der Waals surface area contributed by atoms with Gasteiger partial charge in [-0.25, -0.2) is 12.8 Å². The summed E-state index contributed by atoms with van der Waals surface area (Å²) in [6.07, 6.45) is 3.91. The first kappa shape index (κ1) is 20.7. The first-order valence-electron chi connectivity index (χ1n) is 9.77. The number of halogens is 1. The molecular formula is C22H23FN2O4S. The van der Waals surface area contributed by atoms with Crippen molar-refractivity contribution in [2.75, 3.05) is 19.7 Å². The molecule has 0 unspecified atom stereocenters. The van der Waals surface area contributed by atoms with Crippen molar-refractivity contribution < 1.29 is 22.7 Å². The Labute approximate surface area is 175 Å². The molecule has 0 spiro atoms. The highest BCUT2D eigenvalue weighted by Crippen LogP contribution is 2.43. The van der Waals surface area contributed by atoms with E-state index >= 15 is 0 Å². The largest absolute Gasteiger partial charge is 0.394 e. The summed E-state index contributed by atoms with van der Waals surface area (Å²) in [5.41, 5.74) is 1.98. The molecule has 3 atom stereocenters. The molecular weight excluding hydrogens is 407 g/mol. The molecule has 2 saturated heterocycles. The van der Waals surface area contributed by atoms with Gasteiger partial charge in [-0.2, -0.15) is 4.31 Å².